The van der Waals surface area contributed by atoms with Gasteiger partial charge in [-0.25, -0.2) is 0 Å². The third-order valence-corrected chi connectivity index (χ3v) is 4.83. The molecule has 1 N–H and O–H groups in total. The van der Waals surface area contributed by atoms with Crippen molar-refractivity contribution < 1.29 is 0 Å². The van der Waals surface area contributed by atoms with E-state index in [0.717, 1.165) is 17.8 Å². The molecule has 15 heavy (non-hydrogen) atoms. The SMILES string of the molecule is C1CNCC(CC2CN3CCC2CC3)C1. The highest BCUT2D eigenvalue weighted by Crippen LogP contribution is 2.36. The van der Waals surface area contributed by atoms with E-state index in [4.69, 9.17) is 0 Å². The smallest absolute Gasteiger partial charge is 0.00124 e. The van der Waals surface area contributed by atoms with Crippen LogP contribution in [0.25, 0.3) is 0 Å². The van der Waals surface area contributed by atoms with E-state index in [-0.39, 0.29) is 0 Å². The Morgan fingerprint density at radius 2 is 2.00 bits per heavy atom. The summed E-state index contributed by atoms with van der Waals surface area (Å²) in [5.41, 5.74) is 0. The predicted molar refractivity (Wildman–Crippen MR) is 62.9 cm³/mol. The van der Waals surface area contributed by atoms with E-state index in [1.807, 2.05) is 0 Å². The molecule has 2 unspecified atom stereocenters. The molecule has 4 rings (SSSR count). The average molecular weight is 208 g/mol. The molecule has 0 amide bonds. The van der Waals surface area contributed by atoms with Gasteiger partial charge in [0.15, 0.2) is 0 Å². The molecule has 86 valence electrons. The van der Waals surface area contributed by atoms with Gasteiger partial charge in [0, 0.05) is 6.54 Å². The Morgan fingerprint density at radius 1 is 1.13 bits per heavy atom. The zero-order valence-electron chi connectivity index (χ0n) is 9.75. The molecule has 2 nitrogen and oxygen atoms in total. The molecule has 0 spiro atoms. The second-order valence-corrected chi connectivity index (χ2v) is 5.85. The fraction of sp³-hybridized carbons (Fsp3) is 1.00. The first-order chi connectivity index (χ1) is 7.42. The zero-order chi connectivity index (χ0) is 10.1. The Morgan fingerprint density at radius 3 is 2.60 bits per heavy atom. The van der Waals surface area contributed by atoms with Crippen molar-refractivity contribution in [2.24, 2.45) is 17.8 Å². The lowest BCUT2D eigenvalue weighted by Crippen LogP contribution is -2.48. The van der Waals surface area contributed by atoms with Gasteiger partial charge in [-0.05, 0) is 76.0 Å². The van der Waals surface area contributed by atoms with E-state index in [1.54, 1.807) is 0 Å². The third kappa shape index (κ3) is 2.21. The summed E-state index contributed by atoms with van der Waals surface area (Å²) >= 11 is 0. The Kier molecular flexibility index (Phi) is 2.98. The molecule has 2 atom stereocenters. The highest BCUT2D eigenvalue weighted by molar-refractivity contribution is 4.88. The number of nitrogens with zero attached hydrogens (tertiary/aromatic N) is 1. The summed E-state index contributed by atoms with van der Waals surface area (Å²) in [4.78, 5) is 2.70. The van der Waals surface area contributed by atoms with Crippen molar-refractivity contribution in [2.75, 3.05) is 32.7 Å². The molecule has 4 aliphatic heterocycles. The number of hydrogen-bond acceptors (Lipinski definition) is 2. The lowest BCUT2D eigenvalue weighted by Gasteiger charge is -2.46. The predicted octanol–water partition coefficient (Wildman–Crippen LogP) is 1.72. The minimum Gasteiger partial charge on any atom is -0.316 e. The lowest BCUT2D eigenvalue weighted by atomic mass is 9.74. The van der Waals surface area contributed by atoms with Crippen LogP contribution in [0.1, 0.15) is 32.1 Å². The standard InChI is InChI=1S/C13H24N2/c1-2-11(9-14-5-1)8-13-10-15-6-3-12(13)4-7-15/h11-14H,1-10H2. The molecule has 0 aromatic rings. The maximum atomic E-state index is 3.55. The third-order valence-electron chi connectivity index (χ3n) is 4.83. The van der Waals surface area contributed by atoms with Crippen molar-refractivity contribution in [3.8, 4) is 0 Å². The van der Waals surface area contributed by atoms with Gasteiger partial charge in [-0.3, -0.25) is 0 Å². The summed E-state index contributed by atoms with van der Waals surface area (Å²) in [7, 11) is 0. The van der Waals surface area contributed by atoms with E-state index in [9.17, 15) is 0 Å². The van der Waals surface area contributed by atoms with Crippen LogP contribution in [-0.2, 0) is 0 Å². The van der Waals surface area contributed by atoms with Crippen molar-refractivity contribution in [3.05, 3.63) is 0 Å². The zero-order valence-corrected chi connectivity index (χ0v) is 9.75. The molecule has 2 bridgehead atoms. The van der Waals surface area contributed by atoms with E-state index < -0.39 is 0 Å². The van der Waals surface area contributed by atoms with Crippen molar-refractivity contribution in [3.63, 3.8) is 0 Å². The highest BCUT2D eigenvalue weighted by Gasteiger charge is 2.35. The van der Waals surface area contributed by atoms with Crippen LogP contribution in [0.5, 0.6) is 0 Å². The first-order valence-electron chi connectivity index (χ1n) is 6.85. The van der Waals surface area contributed by atoms with E-state index in [2.05, 4.69) is 10.2 Å². The maximum Gasteiger partial charge on any atom is 0.00124 e. The van der Waals surface area contributed by atoms with Crippen LogP contribution in [0, 0.1) is 17.8 Å². The molecule has 0 aromatic heterocycles. The van der Waals surface area contributed by atoms with Gasteiger partial charge in [-0.15, -0.1) is 0 Å². The van der Waals surface area contributed by atoms with Crippen LogP contribution >= 0.6 is 0 Å². The maximum absolute atomic E-state index is 3.55. The second kappa shape index (κ2) is 4.42. The van der Waals surface area contributed by atoms with Crippen LogP contribution in [-0.4, -0.2) is 37.6 Å². The van der Waals surface area contributed by atoms with Crippen LogP contribution < -0.4 is 5.32 Å². The van der Waals surface area contributed by atoms with Gasteiger partial charge >= 0.3 is 0 Å². The second-order valence-electron chi connectivity index (χ2n) is 5.85. The molecule has 0 radical (unpaired) electrons. The highest BCUT2D eigenvalue weighted by atomic mass is 15.1. The Labute approximate surface area is 93.4 Å². The molecule has 0 aliphatic carbocycles. The van der Waals surface area contributed by atoms with Gasteiger partial charge in [0.05, 0.1) is 0 Å². The van der Waals surface area contributed by atoms with Gasteiger partial charge in [0.1, 0.15) is 0 Å². The van der Waals surface area contributed by atoms with Gasteiger partial charge < -0.3 is 10.2 Å². The monoisotopic (exact) mass is 208 g/mol. The molecule has 0 saturated carbocycles. The molecule has 2 heteroatoms. The quantitative estimate of drug-likeness (QED) is 0.743. The number of fused-ring (bicyclic) bond motifs is 3. The van der Waals surface area contributed by atoms with Crippen molar-refractivity contribution in [1.29, 1.82) is 0 Å². The van der Waals surface area contributed by atoms with Gasteiger partial charge in [0.2, 0.25) is 0 Å². The molecule has 4 aliphatic rings. The van der Waals surface area contributed by atoms with Crippen LogP contribution in [0.15, 0.2) is 0 Å². The summed E-state index contributed by atoms with van der Waals surface area (Å²) in [6.07, 6.45) is 7.38. The van der Waals surface area contributed by atoms with Gasteiger partial charge in [-0.2, -0.15) is 0 Å². The fourth-order valence-corrected chi connectivity index (χ4v) is 3.91. The molecule has 4 fully saturated rings. The molecule has 0 aromatic carbocycles. The van der Waals surface area contributed by atoms with Crippen molar-refractivity contribution in [1.82, 2.24) is 10.2 Å². The number of rotatable bonds is 2. The summed E-state index contributed by atoms with van der Waals surface area (Å²) in [6, 6.07) is 0. The molecular formula is C13H24N2. The molecule has 4 heterocycles. The summed E-state index contributed by atoms with van der Waals surface area (Å²) in [5, 5.41) is 3.55. The van der Waals surface area contributed by atoms with E-state index in [1.165, 1.54) is 64.8 Å². The molecular weight excluding hydrogens is 184 g/mol. The normalized spacial score (nSPS) is 45.6. The first-order valence-corrected chi connectivity index (χ1v) is 6.85. The number of nitrogens with one attached hydrogen (secondary N) is 1. The number of piperidine rings is 4. The summed E-state index contributed by atoms with van der Waals surface area (Å²) < 4.78 is 0. The Hall–Kier alpha value is -0.0800. The summed E-state index contributed by atoms with van der Waals surface area (Å²) in [6.45, 7) is 6.76. The van der Waals surface area contributed by atoms with E-state index >= 15 is 0 Å². The van der Waals surface area contributed by atoms with E-state index in [0.29, 0.717) is 0 Å². The van der Waals surface area contributed by atoms with Gasteiger partial charge in [0.25, 0.3) is 0 Å². The summed E-state index contributed by atoms with van der Waals surface area (Å²) in [5.74, 6) is 3.11. The first kappa shape index (κ1) is 10.1. The minimum atomic E-state index is 0.990. The average Bonchev–Trinajstić information content (AvgIpc) is 2.32. The Balaban J connectivity index is 1.54. The Bertz CT molecular complexity index is 203. The molecule has 4 saturated heterocycles. The van der Waals surface area contributed by atoms with Crippen molar-refractivity contribution in [2.45, 2.75) is 32.1 Å². The fourth-order valence-electron chi connectivity index (χ4n) is 3.91. The topological polar surface area (TPSA) is 15.3 Å². The largest absolute Gasteiger partial charge is 0.316 e. The van der Waals surface area contributed by atoms with Crippen LogP contribution in [0.2, 0.25) is 0 Å². The van der Waals surface area contributed by atoms with Crippen LogP contribution in [0.3, 0.4) is 0 Å². The minimum absolute atomic E-state index is 0.990. The van der Waals surface area contributed by atoms with Crippen molar-refractivity contribution >= 4 is 0 Å². The van der Waals surface area contributed by atoms with Crippen LogP contribution in [0.4, 0.5) is 0 Å². The number of hydrogen-bond donors (Lipinski definition) is 1. The lowest BCUT2D eigenvalue weighted by molar-refractivity contribution is 0.0360. The van der Waals surface area contributed by atoms with Gasteiger partial charge in [-0.1, -0.05) is 0 Å².